The lowest BCUT2D eigenvalue weighted by Gasteiger charge is -2.31. The Bertz CT molecular complexity index is 932. The summed E-state index contributed by atoms with van der Waals surface area (Å²) in [5, 5.41) is 8.16. The number of nitrogens with zero attached hydrogens (tertiary/aromatic N) is 4. The number of piperidine rings is 1. The Morgan fingerprint density at radius 3 is 2.96 bits per heavy atom. The maximum Gasteiger partial charge on any atom is 0.263 e. The van der Waals surface area contributed by atoms with E-state index in [1.807, 2.05) is 30.3 Å². The molecular weight excluding hydrogens is 328 g/mol. The molecule has 1 saturated heterocycles. The van der Waals surface area contributed by atoms with Gasteiger partial charge in [0.05, 0.1) is 11.9 Å². The maximum atomic E-state index is 12.4. The van der Waals surface area contributed by atoms with Gasteiger partial charge in [-0.3, -0.25) is 9.78 Å². The SMILES string of the molecule is CCN1CCCC(CNc2nc3c(cnn3-c3ccccc3)c(=O)[nH]2)C1. The number of hydrogen-bond acceptors (Lipinski definition) is 5. The molecule has 2 N–H and O–H groups in total. The monoisotopic (exact) mass is 352 g/mol. The topological polar surface area (TPSA) is 78.8 Å². The number of para-hydroxylation sites is 1. The Hall–Kier alpha value is -2.67. The smallest absolute Gasteiger partial charge is 0.263 e. The fourth-order valence-electron chi connectivity index (χ4n) is 3.61. The molecule has 0 aliphatic carbocycles. The Morgan fingerprint density at radius 1 is 1.31 bits per heavy atom. The van der Waals surface area contributed by atoms with Crippen molar-refractivity contribution >= 4 is 17.0 Å². The fraction of sp³-hybridized carbons (Fsp3) is 0.421. The molecule has 136 valence electrons. The minimum atomic E-state index is -0.168. The van der Waals surface area contributed by atoms with Gasteiger partial charge in [0.2, 0.25) is 5.95 Å². The van der Waals surface area contributed by atoms with Crippen molar-refractivity contribution in [1.29, 1.82) is 0 Å². The van der Waals surface area contributed by atoms with Crippen LogP contribution in [0.2, 0.25) is 0 Å². The molecule has 1 atom stereocenters. The zero-order valence-corrected chi connectivity index (χ0v) is 15.0. The zero-order chi connectivity index (χ0) is 17.9. The highest BCUT2D eigenvalue weighted by molar-refractivity contribution is 5.76. The summed E-state index contributed by atoms with van der Waals surface area (Å²) in [6, 6.07) is 9.73. The number of aromatic nitrogens is 4. The van der Waals surface area contributed by atoms with E-state index < -0.39 is 0 Å². The van der Waals surface area contributed by atoms with E-state index in [4.69, 9.17) is 0 Å². The maximum absolute atomic E-state index is 12.4. The van der Waals surface area contributed by atoms with Gasteiger partial charge in [0.1, 0.15) is 5.39 Å². The second kappa shape index (κ2) is 7.29. The number of benzene rings is 1. The van der Waals surface area contributed by atoms with Gasteiger partial charge in [0, 0.05) is 13.1 Å². The van der Waals surface area contributed by atoms with Gasteiger partial charge in [-0.15, -0.1) is 0 Å². The van der Waals surface area contributed by atoms with E-state index >= 15 is 0 Å². The van der Waals surface area contributed by atoms with Crippen LogP contribution in [0.5, 0.6) is 0 Å². The van der Waals surface area contributed by atoms with Crippen LogP contribution in [0.3, 0.4) is 0 Å². The predicted octanol–water partition coefficient (Wildman–Crippen LogP) is 2.25. The molecule has 0 saturated carbocycles. The van der Waals surface area contributed by atoms with Crippen molar-refractivity contribution in [1.82, 2.24) is 24.6 Å². The Morgan fingerprint density at radius 2 is 2.15 bits per heavy atom. The van der Waals surface area contributed by atoms with Crippen LogP contribution in [0, 0.1) is 5.92 Å². The summed E-state index contributed by atoms with van der Waals surface area (Å²) in [7, 11) is 0. The minimum absolute atomic E-state index is 0.168. The molecule has 1 aliphatic rings. The third kappa shape index (κ3) is 3.35. The van der Waals surface area contributed by atoms with Gasteiger partial charge in [-0.1, -0.05) is 25.1 Å². The van der Waals surface area contributed by atoms with Gasteiger partial charge >= 0.3 is 0 Å². The molecule has 1 aromatic carbocycles. The van der Waals surface area contributed by atoms with Crippen LogP contribution < -0.4 is 10.9 Å². The number of H-pyrrole nitrogens is 1. The quantitative estimate of drug-likeness (QED) is 0.736. The highest BCUT2D eigenvalue weighted by Gasteiger charge is 2.19. The lowest BCUT2D eigenvalue weighted by molar-refractivity contribution is 0.189. The van der Waals surface area contributed by atoms with E-state index in [1.165, 1.54) is 19.4 Å². The van der Waals surface area contributed by atoms with E-state index in [9.17, 15) is 4.79 Å². The van der Waals surface area contributed by atoms with Gasteiger partial charge < -0.3 is 10.2 Å². The number of aromatic amines is 1. The molecule has 0 bridgehead atoms. The van der Waals surface area contributed by atoms with Gasteiger partial charge in [-0.2, -0.15) is 10.1 Å². The standard InChI is InChI=1S/C19H24N6O/c1-2-24-10-6-7-14(13-24)11-20-19-22-17-16(18(26)23-19)12-21-25(17)15-8-4-3-5-9-15/h3-5,8-9,12,14H,2,6-7,10-11,13H2,1H3,(H2,20,22,23,26). The summed E-state index contributed by atoms with van der Waals surface area (Å²) in [6.07, 6.45) is 4.00. The molecule has 3 heterocycles. The third-order valence-corrected chi connectivity index (χ3v) is 5.05. The van der Waals surface area contributed by atoms with Crippen LogP contribution in [-0.4, -0.2) is 50.8 Å². The third-order valence-electron chi connectivity index (χ3n) is 5.05. The van der Waals surface area contributed by atoms with Crippen molar-refractivity contribution in [2.45, 2.75) is 19.8 Å². The summed E-state index contributed by atoms with van der Waals surface area (Å²) in [4.78, 5) is 22.3. The molecule has 4 rings (SSSR count). The Kier molecular flexibility index (Phi) is 4.71. The van der Waals surface area contributed by atoms with Crippen LogP contribution >= 0.6 is 0 Å². The van der Waals surface area contributed by atoms with Crippen molar-refractivity contribution < 1.29 is 0 Å². The lowest BCUT2D eigenvalue weighted by atomic mass is 9.98. The van der Waals surface area contributed by atoms with Crippen molar-refractivity contribution in [3.63, 3.8) is 0 Å². The first-order chi connectivity index (χ1) is 12.7. The highest BCUT2D eigenvalue weighted by atomic mass is 16.1. The summed E-state index contributed by atoms with van der Waals surface area (Å²) >= 11 is 0. The van der Waals surface area contributed by atoms with Crippen molar-refractivity contribution in [3.05, 3.63) is 46.9 Å². The summed E-state index contributed by atoms with van der Waals surface area (Å²) in [5.41, 5.74) is 1.29. The number of hydrogen-bond donors (Lipinski definition) is 2. The minimum Gasteiger partial charge on any atom is -0.355 e. The molecule has 0 amide bonds. The van der Waals surface area contributed by atoms with Gasteiger partial charge in [-0.25, -0.2) is 4.68 Å². The van der Waals surface area contributed by atoms with E-state index in [2.05, 4.69) is 32.2 Å². The Labute approximate surface area is 152 Å². The van der Waals surface area contributed by atoms with E-state index in [0.717, 1.165) is 25.3 Å². The van der Waals surface area contributed by atoms with Gasteiger partial charge in [0.15, 0.2) is 5.65 Å². The van der Waals surface area contributed by atoms with Crippen molar-refractivity contribution in [2.24, 2.45) is 5.92 Å². The molecule has 3 aromatic rings. The first kappa shape index (κ1) is 16.8. The first-order valence-electron chi connectivity index (χ1n) is 9.24. The second-order valence-electron chi connectivity index (χ2n) is 6.83. The van der Waals surface area contributed by atoms with E-state index in [-0.39, 0.29) is 5.56 Å². The molecular formula is C19H24N6O. The highest BCUT2D eigenvalue weighted by Crippen LogP contribution is 2.18. The van der Waals surface area contributed by atoms with E-state index in [1.54, 1.807) is 10.9 Å². The number of fused-ring (bicyclic) bond motifs is 1. The zero-order valence-electron chi connectivity index (χ0n) is 15.0. The number of rotatable bonds is 5. The van der Waals surface area contributed by atoms with Crippen LogP contribution in [0.1, 0.15) is 19.8 Å². The molecule has 2 aromatic heterocycles. The van der Waals surface area contributed by atoms with Crippen molar-refractivity contribution in [2.75, 3.05) is 31.5 Å². The molecule has 1 aliphatic heterocycles. The van der Waals surface area contributed by atoms with E-state index in [0.29, 0.717) is 22.9 Å². The summed E-state index contributed by atoms with van der Waals surface area (Å²) < 4.78 is 1.70. The molecule has 1 unspecified atom stereocenters. The van der Waals surface area contributed by atoms with Crippen LogP contribution in [-0.2, 0) is 0 Å². The lowest BCUT2D eigenvalue weighted by Crippen LogP contribution is -2.38. The summed E-state index contributed by atoms with van der Waals surface area (Å²) in [6.45, 7) is 6.38. The Balaban J connectivity index is 1.57. The van der Waals surface area contributed by atoms with Crippen LogP contribution in [0.25, 0.3) is 16.7 Å². The van der Waals surface area contributed by atoms with Crippen molar-refractivity contribution in [3.8, 4) is 5.69 Å². The second-order valence-corrected chi connectivity index (χ2v) is 6.83. The molecule has 7 heteroatoms. The normalized spacial score (nSPS) is 18.3. The summed E-state index contributed by atoms with van der Waals surface area (Å²) in [5.74, 6) is 1.08. The van der Waals surface area contributed by atoms with Crippen LogP contribution in [0.15, 0.2) is 41.3 Å². The fourth-order valence-corrected chi connectivity index (χ4v) is 3.61. The molecule has 7 nitrogen and oxygen atoms in total. The largest absolute Gasteiger partial charge is 0.355 e. The van der Waals surface area contributed by atoms with Gasteiger partial charge in [-0.05, 0) is 44.0 Å². The molecule has 0 spiro atoms. The van der Waals surface area contributed by atoms with Crippen LogP contribution in [0.4, 0.5) is 5.95 Å². The number of nitrogens with one attached hydrogen (secondary N) is 2. The molecule has 26 heavy (non-hydrogen) atoms. The molecule has 0 radical (unpaired) electrons. The first-order valence-corrected chi connectivity index (χ1v) is 9.24. The van der Waals surface area contributed by atoms with Gasteiger partial charge in [0.25, 0.3) is 5.56 Å². The predicted molar refractivity (Wildman–Crippen MR) is 103 cm³/mol. The average molecular weight is 352 g/mol. The number of anilines is 1. The average Bonchev–Trinajstić information content (AvgIpc) is 3.12. The molecule has 1 fully saturated rings. The number of likely N-dealkylation sites (tertiary alicyclic amines) is 1.